The van der Waals surface area contributed by atoms with Crippen LogP contribution in [0, 0.1) is 0 Å². The topological polar surface area (TPSA) is 20.2 Å². The standard InChI is InChI=1S/C16H18OS/c1-16(2,3)14-11-13(9-10-15(14)17)18-12-7-5-4-6-8-12/h4-11,17H,1-3H3. The maximum atomic E-state index is 9.93. The number of benzene rings is 2. The summed E-state index contributed by atoms with van der Waals surface area (Å²) < 4.78 is 0. The zero-order valence-electron chi connectivity index (χ0n) is 11.0. The SMILES string of the molecule is CC(C)(C)c1cc(Sc2ccccc2)ccc1O. The molecule has 2 aromatic rings. The first-order chi connectivity index (χ1) is 8.47. The summed E-state index contributed by atoms with van der Waals surface area (Å²) >= 11 is 1.72. The predicted octanol–water partition coefficient (Wildman–Crippen LogP) is 4.84. The smallest absolute Gasteiger partial charge is 0.119 e. The van der Waals surface area contributed by atoms with Crippen molar-refractivity contribution in [1.82, 2.24) is 0 Å². The first-order valence-electron chi connectivity index (χ1n) is 6.03. The molecule has 1 N–H and O–H groups in total. The lowest BCUT2D eigenvalue weighted by Crippen LogP contribution is -2.11. The van der Waals surface area contributed by atoms with Gasteiger partial charge in [-0.05, 0) is 35.7 Å². The second-order valence-corrected chi connectivity index (χ2v) is 6.49. The molecule has 0 aliphatic heterocycles. The number of hydrogen-bond acceptors (Lipinski definition) is 2. The fraction of sp³-hybridized carbons (Fsp3) is 0.250. The average molecular weight is 258 g/mol. The first-order valence-corrected chi connectivity index (χ1v) is 6.85. The quantitative estimate of drug-likeness (QED) is 0.831. The maximum absolute atomic E-state index is 9.93. The van der Waals surface area contributed by atoms with E-state index in [0.717, 1.165) is 10.5 Å². The Morgan fingerprint density at radius 1 is 0.889 bits per heavy atom. The van der Waals surface area contributed by atoms with Crippen LogP contribution in [0.3, 0.4) is 0 Å². The van der Waals surface area contributed by atoms with E-state index in [-0.39, 0.29) is 5.41 Å². The Morgan fingerprint density at radius 3 is 2.17 bits per heavy atom. The third-order valence-electron chi connectivity index (χ3n) is 2.75. The minimum Gasteiger partial charge on any atom is -0.508 e. The molecular formula is C16H18OS. The lowest BCUT2D eigenvalue weighted by atomic mass is 9.86. The Balaban J connectivity index is 2.31. The van der Waals surface area contributed by atoms with Crippen molar-refractivity contribution >= 4 is 11.8 Å². The van der Waals surface area contributed by atoms with Crippen molar-refractivity contribution in [3.63, 3.8) is 0 Å². The normalized spacial score (nSPS) is 11.5. The third kappa shape index (κ3) is 3.08. The molecule has 0 saturated carbocycles. The maximum Gasteiger partial charge on any atom is 0.119 e. The Morgan fingerprint density at radius 2 is 1.56 bits per heavy atom. The molecule has 94 valence electrons. The predicted molar refractivity (Wildman–Crippen MR) is 77.4 cm³/mol. The van der Waals surface area contributed by atoms with Gasteiger partial charge in [0.2, 0.25) is 0 Å². The summed E-state index contributed by atoms with van der Waals surface area (Å²) in [6.45, 7) is 6.33. The van der Waals surface area contributed by atoms with Crippen LogP contribution >= 0.6 is 11.8 Å². The van der Waals surface area contributed by atoms with Crippen LogP contribution in [0.5, 0.6) is 5.75 Å². The molecule has 0 spiro atoms. The van der Waals surface area contributed by atoms with Gasteiger partial charge in [-0.25, -0.2) is 0 Å². The molecule has 0 unspecified atom stereocenters. The van der Waals surface area contributed by atoms with E-state index in [2.05, 4.69) is 39.0 Å². The molecule has 2 heteroatoms. The fourth-order valence-corrected chi connectivity index (χ4v) is 2.68. The van der Waals surface area contributed by atoms with Gasteiger partial charge in [-0.3, -0.25) is 0 Å². The lowest BCUT2D eigenvalue weighted by molar-refractivity contribution is 0.446. The van der Waals surface area contributed by atoms with Crippen molar-refractivity contribution in [2.75, 3.05) is 0 Å². The van der Waals surface area contributed by atoms with Gasteiger partial charge >= 0.3 is 0 Å². The molecule has 1 nitrogen and oxygen atoms in total. The van der Waals surface area contributed by atoms with Crippen molar-refractivity contribution in [2.24, 2.45) is 0 Å². The third-order valence-corrected chi connectivity index (χ3v) is 3.75. The molecule has 0 atom stereocenters. The number of rotatable bonds is 2. The second-order valence-electron chi connectivity index (χ2n) is 5.34. The minimum absolute atomic E-state index is 0.0443. The summed E-state index contributed by atoms with van der Waals surface area (Å²) in [6.07, 6.45) is 0. The van der Waals surface area contributed by atoms with Gasteiger partial charge in [0.05, 0.1) is 0 Å². The van der Waals surface area contributed by atoms with Crippen LogP contribution in [-0.4, -0.2) is 5.11 Å². The molecule has 2 rings (SSSR count). The molecule has 0 amide bonds. The van der Waals surface area contributed by atoms with Gasteiger partial charge in [0, 0.05) is 15.4 Å². The van der Waals surface area contributed by atoms with Crippen LogP contribution in [0.1, 0.15) is 26.3 Å². The van der Waals surface area contributed by atoms with Crippen molar-refractivity contribution in [3.8, 4) is 5.75 Å². The van der Waals surface area contributed by atoms with Crippen molar-refractivity contribution in [2.45, 2.75) is 36.0 Å². The van der Waals surface area contributed by atoms with Crippen LogP contribution in [0.25, 0.3) is 0 Å². The summed E-state index contributed by atoms with van der Waals surface area (Å²) in [4.78, 5) is 2.37. The first kappa shape index (κ1) is 13.0. The van der Waals surface area contributed by atoms with Gasteiger partial charge in [0.25, 0.3) is 0 Å². The summed E-state index contributed by atoms with van der Waals surface area (Å²) in [5.74, 6) is 0.375. The van der Waals surface area contributed by atoms with Crippen molar-refractivity contribution in [3.05, 3.63) is 54.1 Å². The Bertz CT molecular complexity index is 527. The molecule has 0 aromatic heterocycles. The highest BCUT2D eigenvalue weighted by atomic mass is 32.2. The van der Waals surface area contributed by atoms with Crippen LogP contribution in [0.15, 0.2) is 58.3 Å². The van der Waals surface area contributed by atoms with Gasteiger partial charge < -0.3 is 5.11 Å². The number of hydrogen-bond donors (Lipinski definition) is 1. The van der Waals surface area contributed by atoms with E-state index in [4.69, 9.17) is 0 Å². The summed E-state index contributed by atoms with van der Waals surface area (Å²) in [7, 11) is 0. The Labute approximate surface area is 113 Å². The Hall–Kier alpha value is -1.41. The van der Waals surface area contributed by atoms with Gasteiger partial charge in [0.1, 0.15) is 5.75 Å². The minimum atomic E-state index is -0.0443. The van der Waals surface area contributed by atoms with E-state index in [1.54, 1.807) is 17.8 Å². The summed E-state index contributed by atoms with van der Waals surface area (Å²) in [5.41, 5.74) is 0.945. The Kier molecular flexibility index (Phi) is 3.67. The highest BCUT2D eigenvalue weighted by Crippen LogP contribution is 2.36. The van der Waals surface area contributed by atoms with Crippen LogP contribution in [0.2, 0.25) is 0 Å². The van der Waals surface area contributed by atoms with E-state index >= 15 is 0 Å². The molecule has 0 radical (unpaired) electrons. The fourth-order valence-electron chi connectivity index (χ4n) is 1.80. The number of phenols is 1. The highest BCUT2D eigenvalue weighted by Gasteiger charge is 2.18. The van der Waals surface area contributed by atoms with Gasteiger partial charge in [0.15, 0.2) is 0 Å². The molecule has 0 aliphatic rings. The van der Waals surface area contributed by atoms with E-state index in [1.807, 2.05) is 24.3 Å². The zero-order valence-corrected chi connectivity index (χ0v) is 11.8. The van der Waals surface area contributed by atoms with Crippen LogP contribution in [0.4, 0.5) is 0 Å². The number of phenolic OH excluding ortho intramolecular Hbond substituents is 1. The van der Waals surface area contributed by atoms with E-state index in [0.29, 0.717) is 5.75 Å². The molecule has 0 fully saturated rings. The monoisotopic (exact) mass is 258 g/mol. The summed E-state index contributed by atoms with van der Waals surface area (Å²) in [5, 5.41) is 9.93. The molecule has 0 bridgehead atoms. The lowest BCUT2D eigenvalue weighted by Gasteiger charge is -2.21. The largest absolute Gasteiger partial charge is 0.508 e. The molecule has 18 heavy (non-hydrogen) atoms. The van der Waals surface area contributed by atoms with Crippen molar-refractivity contribution < 1.29 is 5.11 Å². The van der Waals surface area contributed by atoms with Gasteiger partial charge in [-0.1, -0.05) is 50.7 Å². The number of aromatic hydroxyl groups is 1. The van der Waals surface area contributed by atoms with Gasteiger partial charge in [-0.2, -0.15) is 0 Å². The molecule has 0 heterocycles. The van der Waals surface area contributed by atoms with E-state index < -0.39 is 0 Å². The van der Waals surface area contributed by atoms with Crippen LogP contribution in [-0.2, 0) is 5.41 Å². The molecule has 0 saturated heterocycles. The second kappa shape index (κ2) is 5.07. The van der Waals surface area contributed by atoms with Crippen LogP contribution < -0.4 is 0 Å². The molecule has 0 aliphatic carbocycles. The van der Waals surface area contributed by atoms with Gasteiger partial charge in [-0.15, -0.1) is 0 Å². The molecular weight excluding hydrogens is 240 g/mol. The van der Waals surface area contributed by atoms with E-state index in [9.17, 15) is 5.11 Å². The summed E-state index contributed by atoms with van der Waals surface area (Å²) in [6, 6.07) is 16.1. The van der Waals surface area contributed by atoms with Crippen molar-refractivity contribution in [1.29, 1.82) is 0 Å². The van der Waals surface area contributed by atoms with E-state index in [1.165, 1.54) is 4.90 Å². The highest BCUT2D eigenvalue weighted by molar-refractivity contribution is 7.99. The average Bonchev–Trinajstić information content (AvgIpc) is 2.31. The molecule has 2 aromatic carbocycles. The zero-order chi connectivity index (χ0) is 13.2.